The average Bonchev–Trinajstić information content (AvgIpc) is 3.36. The Kier molecular flexibility index (Phi) is 8.97. The van der Waals surface area contributed by atoms with Gasteiger partial charge < -0.3 is 19.9 Å². The maximum absolute atomic E-state index is 5.41. The fourth-order valence-electron chi connectivity index (χ4n) is 3.34. The normalized spacial score (nSPS) is 15.8. The Labute approximate surface area is 183 Å². The SMILES string of the molecule is CN=C(NCc1nc(C)no1)NCC(c1cccc(OC)c1)N1CCCC1.I. The van der Waals surface area contributed by atoms with E-state index in [1.54, 1.807) is 21.1 Å². The van der Waals surface area contributed by atoms with Crippen LogP contribution in [-0.4, -0.2) is 54.8 Å². The molecule has 3 rings (SSSR count). The highest BCUT2D eigenvalue weighted by Crippen LogP contribution is 2.27. The van der Waals surface area contributed by atoms with Crippen LogP contribution in [0.5, 0.6) is 5.75 Å². The molecule has 1 unspecified atom stereocenters. The molecule has 8 nitrogen and oxygen atoms in total. The minimum atomic E-state index is 0. The standard InChI is InChI=1S/C19H28N6O2.HI/c1-14-23-18(27-24-14)13-22-19(20-2)21-12-17(25-9-4-5-10-25)15-7-6-8-16(11-15)26-3;/h6-8,11,17H,4-5,9-10,12-13H2,1-3H3,(H2,20,21,22);1H. The van der Waals surface area contributed by atoms with E-state index in [0.717, 1.165) is 25.4 Å². The van der Waals surface area contributed by atoms with Crippen LogP contribution in [0.25, 0.3) is 0 Å². The van der Waals surface area contributed by atoms with Crippen LogP contribution in [0.15, 0.2) is 33.8 Å². The van der Waals surface area contributed by atoms with E-state index >= 15 is 0 Å². The molecule has 2 N–H and O–H groups in total. The summed E-state index contributed by atoms with van der Waals surface area (Å²) in [5.41, 5.74) is 1.24. The van der Waals surface area contributed by atoms with Crippen molar-refractivity contribution in [3.8, 4) is 5.75 Å². The Morgan fingerprint density at radius 3 is 2.75 bits per heavy atom. The first-order valence-electron chi connectivity index (χ1n) is 9.31. The molecule has 1 fully saturated rings. The number of nitrogens with one attached hydrogen (secondary N) is 2. The van der Waals surface area contributed by atoms with E-state index in [1.807, 2.05) is 12.1 Å². The summed E-state index contributed by atoms with van der Waals surface area (Å²) in [5.74, 6) is 2.75. The second-order valence-corrected chi connectivity index (χ2v) is 6.58. The van der Waals surface area contributed by atoms with Gasteiger partial charge in [-0.05, 0) is 50.6 Å². The molecular formula is C19H29IN6O2. The van der Waals surface area contributed by atoms with E-state index in [-0.39, 0.29) is 30.0 Å². The number of hydrogen-bond acceptors (Lipinski definition) is 6. The van der Waals surface area contributed by atoms with Crippen molar-refractivity contribution in [2.75, 3.05) is 33.8 Å². The summed E-state index contributed by atoms with van der Waals surface area (Å²) in [7, 11) is 3.46. The van der Waals surface area contributed by atoms with Crippen LogP contribution in [-0.2, 0) is 6.54 Å². The van der Waals surface area contributed by atoms with Crippen LogP contribution in [0.3, 0.4) is 0 Å². The van der Waals surface area contributed by atoms with Gasteiger partial charge in [0.15, 0.2) is 11.8 Å². The molecule has 1 atom stereocenters. The molecule has 0 amide bonds. The van der Waals surface area contributed by atoms with Crippen molar-refractivity contribution < 1.29 is 9.26 Å². The highest BCUT2D eigenvalue weighted by atomic mass is 127. The summed E-state index contributed by atoms with van der Waals surface area (Å²) < 4.78 is 10.5. The third-order valence-corrected chi connectivity index (χ3v) is 4.72. The zero-order valence-corrected chi connectivity index (χ0v) is 19.0. The van der Waals surface area contributed by atoms with Crippen LogP contribution >= 0.6 is 24.0 Å². The summed E-state index contributed by atoms with van der Waals surface area (Å²) in [6.07, 6.45) is 2.48. The molecule has 2 aromatic rings. The summed E-state index contributed by atoms with van der Waals surface area (Å²) in [4.78, 5) is 11.0. The van der Waals surface area contributed by atoms with Gasteiger partial charge in [0.2, 0.25) is 5.89 Å². The second kappa shape index (κ2) is 11.2. The number of likely N-dealkylation sites (tertiary alicyclic amines) is 1. The molecule has 1 aromatic carbocycles. The number of ether oxygens (including phenoxy) is 1. The third kappa shape index (κ3) is 6.06. The van der Waals surface area contributed by atoms with Crippen molar-refractivity contribution in [3.63, 3.8) is 0 Å². The molecule has 1 aliphatic rings. The number of aryl methyl sites for hydroxylation is 1. The predicted octanol–water partition coefficient (Wildman–Crippen LogP) is 2.51. The maximum atomic E-state index is 5.41. The van der Waals surface area contributed by atoms with Crippen molar-refractivity contribution in [2.24, 2.45) is 4.99 Å². The lowest BCUT2D eigenvalue weighted by Crippen LogP contribution is -2.42. The van der Waals surface area contributed by atoms with Crippen LogP contribution in [0.1, 0.15) is 36.2 Å². The lowest BCUT2D eigenvalue weighted by molar-refractivity contribution is 0.245. The van der Waals surface area contributed by atoms with E-state index in [9.17, 15) is 0 Å². The monoisotopic (exact) mass is 500 g/mol. The number of nitrogens with zero attached hydrogens (tertiary/aromatic N) is 4. The minimum absolute atomic E-state index is 0. The molecule has 0 bridgehead atoms. The summed E-state index contributed by atoms with van der Waals surface area (Å²) >= 11 is 0. The number of hydrogen-bond donors (Lipinski definition) is 2. The zero-order valence-electron chi connectivity index (χ0n) is 16.6. The Morgan fingerprint density at radius 1 is 1.32 bits per heavy atom. The quantitative estimate of drug-likeness (QED) is 0.343. The number of aromatic nitrogens is 2. The van der Waals surface area contributed by atoms with Gasteiger partial charge in [0.05, 0.1) is 19.7 Å². The smallest absolute Gasteiger partial charge is 0.246 e. The Morgan fingerprint density at radius 2 is 2.11 bits per heavy atom. The van der Waals surface area contributed by atoms with Crippen molar-refractivity contribution in [1.82, 2.24) is 25.7 Å². The Hall–Kier alpha value is -1.88. The number of guanidine groups is 1. The van der Waals surface area contributed by atoms with Crippen molar-refractivity contribution >= 4 is 29.9 Å². The topological polar surface area (TPSA) is 87.8 Å². The molecule has 2 heterocycles. The molecule has 0 aliphatic carbocycles. The van der Waals surface area contributed by atoms with Gasteiger partial charge in [-0.1, -0.05) is 17.3 Å². The van der Waals surface area contributed by atoms with Gasteiger partial charge in [-0.15, -0.1) is 24.0 Å². The molecule has 28 heavy (non-hydrogen) atoms. The summed E-state index contributed by atoms with van der Waals surface area (Å²) in [6.45, 7) is 5.20. The largest absolute Gasteiger partial charge is 0.497 e. The molecule has 1 saturated heterocycles. The van der Waals surface area contributed by atoms with Crippen LogP contribution in [0, 0.1) is 6.92 Å². The summed E-state index contributed by atoms with van der Waals surface area (Å²) in [6, 6.07) is 8.55. The maximum Gasteiger partial charge on any atom is 0.246 e. The first-order chi connectivity index (χ1) is 13.2. The lowest BCUT2D eigenvalue weighted by atomic mass is 10.1. The molecule has 1 aromatic heterocycles. The highest BCUT2D eigenvalue weighted by molar-refractivity contribution is 14.0. The molecule has 1 aliphatic heterocycles. The average molecular weight is 500 g/mol. The highest BCUT2D eigenvalue weighted by Gasteiger charge is 2.24. The van der Waals surface area contributed by atoms with Crippen LogP contribution in [0.4, 0.5) is 0 Å². The number of halogens is 1. The van der Waals surface area contributed by atoms with E-state index < -0.39 is 0 Å². The number of methoxy groups -OCH3 is 1. The number of rotatable bonds is 7. The predicted molar refractivity (Wildman–Crippen MR) is 119 cm³/mol. The van der Waals surface area contributed by atoms with Crippen LogP contribution in [0.2, 0.25) is 0 Å². The molecule has 9 heteroatoms. The first-order valence-corrected chi connectivity index (χ1v) is 9.31. The first kappa shape index (κ1) is 22.4. The third-order valence-electron chi connectivity index (χ3n) is 4.72. The Bertz CT molecular complexity index is 760. The molecular weight excluding hydrogens is 471 g/mol. The second-order valence-electron chi connectivity index (χ2n) is 6.58. The number of benzene rings is 1. The van der Waals surface area contributed by atoms with Gasteiger partial charge in [0.1, 0.15) is 5.75 Å². The van der Waals surface area contributed by atoms with Crippen molar-refractivity contribution in [3.05, 3.63) is 41.5 Å². The van der Waals surface area contributed by atoms with Gasteiger partial charge in [-0.3, -0.25) is 9.89 Å². The minimum Gasteiger partial charge on any atom is -0.497 e. The van der Waals surface area contributed by atoms with Gasteiger partial charge in [-0.25, -0.2) is 0 Å². The van der Waals surface area contributed by atoms with Gasteiger partial charge in [0.25, 0.3) is 0 Å². The van der Waals surface area contributed by atoms with E-state index in [2.05, 4.69) is 42.8 Å². The van der Waals surface area contributed by atoms with Crippen LogP contribution < -0.4 is 15.4 Å². The van der Waals surface area contributed by atoms with Gasteiger partial charge in [0, 0.05) is 13.6 Å². The van der Waals surface area contributed by atoms with Crippen molar-refractivity contribution in [2.45, 2.75) is 32.4 Å². The van der Waals surface area contributed by atoms with E-state index in [0.29, 0.717) is 24.2 Å². The molecule has 0 radical (unpaired) electrons. The number of aliphatic imine (C=N–C) groups is 1. The fourth-order valence-corrected chi connectivity index (χ4v) is 3.34. The fraction of sp³-hybridized carbons (Fsp3) is 0.526. The Balaban J connectivity index is 0.00000280. The van der Waals surface area contributed by atoms with Gasteiger partial charge >= 0.3 is 0 Å². The lowest BCUT2D eigenvalue weighted by Gasteiger charge is -2.29. The van der Waals surface area contributed by atoms with E-state index in [4.69, 9.17) is 9.26 Å². The zero-order chi connectivity index (χ0) is 19.1. The molecule has 0 saturated carbocycles. The van der Waals surface area contributed by atoms with E-state index in [1.165, 1.54) is 18.4 Å². The van der Waals surface area contributed by atoms with Crippen molar-refractivity contribution in [1.29, 1.82) is 0 Å². The molecule has 154 valence electrons. The molecule has 0 spiro atoms. The summed E-state index contributed by atoms with van der Waals surface area (Å²) in [5, 5.41) is 10.4. The van der Waals surface area contributed by atoms with Gasteiger partial charge in [-0.2, -0.15) is 4.98 Å².